The summed E-state index contributed by atoms with van der Waals surface area (Å²) in [5.41, 5.74) is 2.78. The maximum atomic E-state index is 12.7. The van der Waals surface area contributed by atoms with Gasteiger partial charge in [-0.05, 0) is 65.2 Å². The van der Waals surface area contributed by atoms with Gasteiger partial charge in [0.2, 0.25) is 10.0 Å². The molecule has 0 saturated carbocycles. The quantitative estimate of drug-likeness (QED) is 0.244. The van der Waals surface area contributed by atoms with Crippen molar-refractivity contribution in [1.82, 2.24) is 4.72 Å². The molecule has 4 rings (SSSR count). The smallest absolute Gasteiger partial charge is 0.345 e. The number of carbonyl (C=O) groups is 1. The summed E-state index contributed by atoms with van der Waals surface area (Å²) in [6.45, 7) is 0.169. The minimum atomic E-state index is -3.67. The monoisotopic (exact) mass is 507 g/mol. The van der Waals surface area contributed by atoms with Gasteiger partial charge in [-0.1, -0.05) is 60.1 Å². The van der Waals surface area contributed by atoms with Gasteiger partial charge in [-0.25, -0.2) is 17.9 Å². The Hall–Kier alpha value is -3.65. The first-order valence-corrected chi connectivity index (χ1v) is 12.5. The number of sulfonamides is 1. The van der Waals surface area contributed by atoms with Crippen molar-refractivity contribution in [2.24, 2.45) is 0 Å². The van der Waals surface area contributed by atoms with E-state index in [9.17, 15) is 13.2 Å². The molecule has 0 aliphatic heterocycles. The molecule has 1 N–H and O–H groups in total. The van der Waals surface area contributed by atoms with Crippen molar-refractivity contribution in [1.29, 1.82) is 0 Å². The van der Waals surface area contributed by atoms with Crippen LogP contribution in [-0.4, -0.2) is 21.5 Å². The molecule has 0 saturated heterocycles. The molecule has 6 nitrogen and oxygen atoms in total. The fourth-order valence-electron chi connectivity index (χ4n) is 3.34. The molecule has 0 aromatic heterocycles. The Kier molecular flexibility index (Phi) is 7.51. The number of rotatable bonds is 8. The van der Waals surface area contributed by atoms with Crippen LogP contribution in [0.15, 0.2) is 102 Å². The third-order valence-corrected chi connectivity index (χ3v) is 7.03. The number of carbonyl (C=O) groups excluding carboxylic acids is 1. The van der Waals surface area contributed by atoms with E-state index in [0.717, 1.165) is 16.7 Å². The van der Waals surface area contributed by atoms with Gasteiger partial charge in [-0.2, -0.15) is 0 Å². The van der Waals surface area contributed by atoms with Gasteiger partial charge in [0.15, 0.2) is 0 Å². The summed E-state index contributed by atoms with van der Waals surface area (Å²) in [6, 6.07) is 27.3. The zero-order chi connectivity index (χ0) is 24.8. The molecule has 0 amide bonds. The lowest BCUT2D eigenvalue weighted by Gasteiger charge is -2.09. The first-order chi connectivity index (χ1) is 16.9. The second kappa shape index (κ2) is 10.7. The topological polar surface area (TPSA) is 81.7 Å². The lowest BCUT2D eigenvalue weighted by molar-refractivity contribution is 0.0735. The molecule has 0 aliphatic carbocycles. The van der Waals surface area contributed by atoms with Crippen molar-refractivity contribution in [3.8, 4) is 22.6 Å². The minimum Gasteiger partial charge on any atom is -0.497 e. The average Bonchev–Trinajstić information content (AvgIpc) is 2.88. The zero-order valence-corrected chi connectivity index (χ0v) is 20.3. The Morgan fingerprint density at radius 3 is 1.97 bits per heavy atom. The summed E-state index contributed by atoms with van der Waals surface area (Å²) in [4.78, 5) is 12.5. The van der Waals surface area contributed by atoms with E-state index in [1.165, 1.54) is 0 Å². The standard InChI is InChI=1S/C27H22ClNO5S/c1-33-22-12-6-19(7-13-22)18-29-35(31,32)24-16-10-21(11-17-24)20-8-14-23(15-9-20)34-27(30)25-4-2-3-5-26(25)28/h2-17,29H,18H2,1H3. The highest BCUT2D eigenvalue weighted by Crippen LogP contribution is 2.25. The molecule has 0 aliphatic rings. The van der Waals surface area contributed by atoms with E-state index in [2.05, 4.69) is 4.72 Å². The van der Waals surface area contributed by atoms with E-state index in [1.54, 1.807) is 104 Å². The summed E-state index contributed by atoms with van der Waals surface area (Å²) >= 11 is 6.04. The van der Waals surface area contributed by atoms with Crippen molar-refractivity contribution in [3.63, 3.8) is 0 Å². The first kappa shape index (κ1) is 24.5. The van der Waals surface area contributed by atoms with E-state index in [1.807, 2.05) is 0 Å². The Bertz CT molecular complexity index is 1420. The second-order valence-corrected chi connectivity index (χ2v) is 9.76. The highest BCUT2D eigenvalue weighted by molar-refractivity contribution is 7.89. The van der Waals surface area contributed by atoms with Crippen molar-refractivity contribution < 1.29 is 22.7 Å². The SMILES string of the molecule is COc1ccc(CNS(=O)(=O)c2ccc(-c3ccc(OC(=O)c4ccccc4Cl)cc3)cc2)cc1. The Balaban J connectivity index is 1.40. The summed E-state index contributed by atoms with van der Waals surface area (Å²) < 4.78 is 38.5. The van der Waals surface area contributed by atoms with Gasteiger partial charge in [0.05, 0.1) is 22.6 Å². The number of halogens is 1. The molecule has 178 valence electrons. The van der Waals surface area contributed by atoms with Gasteiger partial charge >= 0.3 is 5.97 Å². The van der Waals surface area contributed by atoms with Crippen LogP contribution in [0.3, 0.4) is 0 Å². The van der Waals surface area contributed by atoms with Gasteiger partial charge in [0.25, 0.3) is 0 Å². The van der Waals surface area contributed by atoms with Gasteiger partial charge < -0.3 is 9.47 Å². The molecule has 0 radical (unpaired) electrons. The van der Waals surface area contributed by atoms with Gasteiger partial charge in [0, 0.05) is 6.54 Å². The van der Waals surface area contributed by atoms with E-state index in [0.29, 0.717) is 16.5 Å². The molecule has 35 heavy (non-hydrogen) atoms. The van der Waals surface area contributed by atoms with Crippen LogP contribution in [-0.2, 0) is 16.6 Å². The third kappa shape index (κ3) is 6.08. The molecule has 0 heterocycles. The normalized spacial score (nSPS) is 11.1. The van der Waals surface area contributed by atoms with Gasteiger partial charge in [0.1, 0.15) is 11.5 Å². The van der Waals surface area contributed by atoms with Crippen LogP contribution >= 0.6 is 11.6 Å². The molecule has 0 atom stereocenters. The summed E-state index contributed by atoms with van der Waals surface area (Å²) in [5.74, 6) is 0.541. The fourth-order valence-corrected chi connectivity index (χ4v) is 4.57. The number of esters is 1. The summed E-state index contributed by atoms with van der Waals surface area (Å²) in [6.07, 6.45) is 0. The summed E-state index contributed by atoms with van der Waals surface area (Å²) in [5, 5.41) is 0.322. The van der Waals surface area contributed by atoms with Crippen LogP contribution in [0.4, 0.5) is 0 Å². The molecular formula is C27H22ClNO5S. The number of ether oxygens (including phenoxy) is 2. The lowest BCUT2D eigenvalue weighted by atomic mass is 10.1. The van der Waals surface area contributed by atoms with Crippen LogP contribution < -0.4 is 14.2 Å². The molecule has 0 bridgehead atoms. The predicted octanol–water partition coefficient (Wildman–Crippen LogP) is 5.71. The van der Waals surface area contributed by atoms with Crippen molar-refractivity contribution in [2.45, 2.75) is 11.4 Å². The fraction of sp³-hybridized carbons (Fsp3) is 0.0741. The highest BCUT2D eigenvalue weighted by Gasteiger charge is 2.15. The molecule has 4 aromatic rings. The molecule has 4 aromatic carbocycles. The zero-order valence-electron chi connectivity index (χ0n) is 18.8. The third-order valence-electron chi connectivity index (χ3n) is 5.28. The number of nitrogens with one attached hydrogen (secondary N) is 1. The van der Waals surface area contributed by atoms with E-state index in [4.69, 9.17) is 21.1 Å². The largest absolute Gasteiger partial charge is 0.497 e. The molecule has 0 fully saturated rings. The van der Waals surface area contributed by atoms with Crippen LogP contribution in [0.25, 0.3) is 11.1 Å². The number of benzene rings is 4. The van der Waals surface area contributed by atoms with Crippen molar-refractivity contribution in [3.05, 3.63) is 113 Å². The molecular weight excluding hydrogens is 486 g/mol. The second-order valence-electron chi connectivity index (χ2n) is 7.59. The lowest BCUT2D eigenvalue weighted by Crippen LogP contribution is -2.23. The molecule has 8 heteroatoms. The van der Waals surface area contributed by atoms with Crippen LogP contribution in [0.2, 0.25) is 5.02 Å². The van der Waals surface area contributed by atoms with Crippen molar-refractivity contribution >= 4 is 27.6 Å². The molecule has 0 unspecified atom stereocenters. The Labute approximate surface area is 209 Å². The van der Waals surface area contributed by atoms with Gasteiger partial charge in [-0.3, -0.25) is 0 Å². The number of hydrogen-bond donors (Lipinski definition) is 1. The molecule has 0 spiro atoms. The van der Waals surface area contributed by atoms with Crippen LogP contribution in [0.1, 0.15) is 15.9 Å². The Morgan fingerprint density at radius 1 is 0.800 bits per heavy atom. The maximum absolute atomic E-state index is 12.7. The van der Waals surface area contributed by atoms with Crippen LogP contribution in [0, 0.1) is 0 Å². The first-order valence-electron chi connectivity index (χ1n) is 10.7. The number of methoxy groups -OCH3 is 1. The average molecular weight is 508 g/mol. The van der Waals surface area contributed by atoms with E-state index in [-0.39, 0.29) is 17.0 Å². The predicted molar refractivity (Wildman–Crippen MR) is 135 cm³/mol. The highest BCUT2D eigenvalue weighted by atomic mass is 35.5. The summed E-state index contributed by atoms with van der Waals surface area (Å²) in [7, 11) is -2.10. The minimum absolute atomic E-state index is 0.167. The van der Waals surface area contributed by atoms with E-state index >= 15 is 0 Å². The van der Waals surface area contributed by atoms with E-state index < -0.39 is 16.0 Å². The van der Waals surface area contributed by atoms with Gasteiger partial charge in [-0.15, -0.1) is 0 Å². The number of hydrogen-bond acceptors (Lipinski definition) is 5. The van der Waals surface area contributed by atoms with Crippen molar-refractivity contribution in [2.75, 3.05) is 7.11 Å². The maximum Gasteiger partial charge on any atom is 0.345 e. The van der Waals surface area contributed by atoms with Crippen LogP contribution in [0.5, 0.6) is 11.5 Å². The Morgan fingerprint density at radius 2 is 1.37 bits per heavy atom.